The molecule has 4 nitrogen and oxygen atoms in total. The van der Waals surface area contributed by atoms with Crippen LogP contribution in [0.4, 0.5) is 5.82 Å². The predicted octanol–water partition coefficient (Wildman–Crippen LogP) is 2.65. The summed E-state index contributed by atoms with van der Waals surface area (Å²) in [5.41, 5.74) is -0.00941. The number of anilines is 1. The maximum absolute atomic E-state index is 11.9. The first-order valence-corrected chi connectivity index (χ1v) is 6.59. The monoisotopic (exact) mass is 237 g/mol. The van der Waals surface area contributed by atoms with Crippen molar-refractivity contribution < 1.29 is 0 Å². The number of nitrogens with one attached hydrogen (secondary N) is 1. The molecule has 1 heterocycles. The van der Waals surface area contributed by atoms with Crippen LogP contribution in [0.5, 0.6) is 0 Å². The smallest absolute Gasteiger partial charge is 0.293 e. The van der Waals surface area contributed by atoms with E-state index in [1.165, 1.54) is 19.3 Å². The van der Waals surface area contributed by atoms with Gasteiger partial charge in [0.05, 0.1) is 0 Å². The lowest BCUT2D eigenvalue weighted by Crippen LogP contribution is -2.24. The Morgan fingerprint density at radius 1 is 1.24 bits per heavy atom. The van der Waals surface area contributed by atoms with E-state index in [4.69, 9.17) is 0 Å². The molecule has 1 aromatic heterocycles. The van der Waals surface area contributed by atoms with Crippen molar-refractivity contribution in [2.45, 2.75) is 52.5 Å². The molecular formula is C13H23N3O. The van der Waals surface area contributed by atoms with Gasteiger partial charge in [-0.25, -0.2) is 4.98 Å². The molecular weight excluding hydrogens is 214 g/mol. The van der Waals surface area contributed by atoms with E-state index in [1.54, 1.807) is 17.0 Å². The topological polar surface area (TPSA) is 46.9 Å². The molecule has 0 fully saturated rings. The standard InChI is InChI=1S/C13H23N3O/c1-3-5-6-7-8-14-12-13(17)16(10-4-2)11-9-15-12/h9,11H,3-8,10H2,1-2H3,(H,14,15). The number of hydrogen-bond donors (Lipinski definition) is 1. The second-order valence-electron chi connectivity index (χ2n) is 4.26. The number of rotatable bonds is 8. The predicted molar refractivity (Wildman–Crippen MR) is 71.4 cm³/mol. The summed E-state index contributed by atoms with van der Waals surface area (Å²) >= 11 is 0. The van der Waals surface area contributed by atoms with Gasteiger partial charge in [0.2, 0.25) is 0 Å². The van der Waals surface area contributed by atoms with Gasteiger partial charge >= 0.3 is 0 Å². The van der Waals surface area contributed by atoms with E-state index in [1.807, 2.05) is 0 Å². The Morgan fingerprint density at radius 3 is 2.76 bits per heavy atom. The minimum atomic E-state index is -0.00941. The van der Waals surface area contributed by atoms with Crippen LogP contribution in [-0.2, 0) is 6.54 Å². The van der Waals surface area contributed by atoms with Crippen molar-refractivity contribution in [3.8, 4) is 0 Å². The van der Waals surface area contributed by atoms with Gasteiger partial charge in [-0.1, -0.05) is 33.1 Å². The highest BCUT2D eigenvalue weighted by Gasteiger charge is 2.02. The van der Waals surface area contributed by atoms with Crippen molar-refractivity contribution in [2.24, 2.45) is 0 Å². The van der Waals surface area contributed by atoms with Crippen LogP contribution >= 0.6 is 0 Å². The van der Waals surface area contributed by atoms with Gasteiger partial charge in [0.15, 0.2) is 5.82 Å². The summed E-state index contributed by atoms with van der Waals surface area (Å²) in [6.07, 6.45) is 9.17. The second-order valence-corrected chi connectivity index (χ2v) is 4.26. The number of nitrogens with zero attached hydrogens (tertiary/aromatic N) is 2. The van der Waals surface area contributed by atoms with Gasteiger partial charge in [-0.05, 0) is 12.8 Å². The summed E-state index contributed by atoms with van der Waals surface area (Å²) in [7, 11) is 0. The van der Waals surface area contributed by atoms with Gasteiger partial charge < -0.3 is 9.88 Å². The second kappa shape index (κ2) is 7.87. The Kier molecular flexibility index (Phi) is 6.37. The molecule has 0 bridgehead atoms. The minimum absolute atomic E-state index is 0.00941. The van der Waals surface area contributed by atoms with Crippen LogP contribution in [0.15, 0.2) is 17.2 Å². The van der Waals surface area contributed by atoms with Gasteiger partial charge in [-0.2, -0.15) is 0 Å². The molecule has 96 valence electrons. The number of hydrogen-bond acceptors (Lipinski definition) is 3. The van der Waals surface area contributed by atoms with Crippen molar-refractivity contribution in [2.75, 3.05) is 11.9 Å². The first kappa shape index (κ1) is 13.7. The minimum Gasteiger partial charge on any atom is -0.365 e. The van der Waals surface area contributed by atoms with Crippen LogP contribution in [-0.4, -0.2) is 16.1 Å². The van der Waals surface area contributed by atoms with E-state index < -0.39 is 0 Å². The quantitative estimate of drug-likeness (QED) is 0.707. The molecule has 0 unspecified atom stereocenters. The highest BCUT2D eigenvalue weighted by molar-refractivity contribution is 5.30. The maximum atomic E-state index is 11.9. The SMILES string of the molecule is CCCCCCNc1nccn(CCC)c1=O. The Hall–Kier alpha value is -1.32. The third-order valence-electron chi connectivity index (χ3n) is 2.70. The first-order valence-electron chi connectivity index (χ1n) is 6.59. The van der Waals surface area contributed by atoms with E-state index in [2.05, 4.69) is 24.1 Å². The molecule has 17 heavy (non-hydrogen) atoms. The highest BCUT2D eigenvalue weighted by Crippen LogP contribution is 2.00. The molecule has 0 amide bonds. The van der Waals surface area contributed by atoms with Crippen LogP contribution in [0.25, 0.3) is 0 Å². The third-order valence-corrected chi connectivity index (χ3v) is 2.70. The summed E-state index contributed by atoms with van der Waals surface area (Å²) in [6, 6.07) is 0. The van der Waals surface area contributed by atoms with Crippen molar-refractivity contribution in [1.29, 1.82) is 0 Å². The third kappa shape index (κ3) is 4.59. The van der Waals surface area contributed by atoms with E-state index in [0.717, 1.165) is 25.9 Å². The van der Waals surface area contributed by atoms with Crippen molar-refractivity contribution in [3.05, 3.63) is 22.7 Å². The van der Waals surface area contributed by atoms with Crippen LogP contribution in [0.2, 0.25) is 0 Å². The fourth-order valence-corrected chi connectivity index (χ4v) is 1.74. The Bertz CT molecular complexity index is 373. The lowest BCUT2D eigenvalue weighted by Gasteiger charge is -2.07. The number of unbranched alkanes of at least 4 members (excludes halogenated alkanes) is 3. The Balaban J connectivity index is 2.48. The largest absolute Gasteiger partial charge is 0.365 e. The molecule has 0 saturated carbocycles. The van der Waals surface area contributed by atoms with Crippen LogP contribution in [0.3, 0.4) is 0 Å². The average molecular weight is 237 g/mol. The molecule has 4 heteroatoms. The molecule has 0 aromatic carbocycles. The normalized spacial score (nSPS) is 10.5. The summed E-state index contributed by atoms with van der Waals surface area (Å²) < 4.78 is 1.71. The van der Waals surface area contributed by atoms with Gasteiger partial charge in [-0.15, -0.1) is 0 Å². The summed E-state index contributed by atoms with van der Waals surface area (Å²) in [5.74, 6) is 0.484. The fourth-order valence-electron chi connectivity index (χ4n) is 1.74. The summed E-state index contributed by atoms with van der Waals surface area (Å²) in [6.45, 7) is 5.84. The van der Waals surface area contributed by atoms with Crippen LogP contribution in [0.1, 0.15) is 46.0 Å². The molecule has 0 spiro atoms. The van der Waals surface area contributed by atoms with Crippen LogP contribution < -0.4 is 10.9 Å². The highest BCUT2D eigenvalue weighted by atomic mass is 16.1. The van der Waals surface area contributed by atoms with Crippen molar-refractivity contribution in [1.82, 2.24) is 9.55 Å². The van der Waals surface area contributed by atoms with E-state index >= 15 is 0 Å². The molecule has 0 aliphatic carbocycles. The molecule has 0 radical (unpaired) electrons. The van der Waals surface area contributed by atoms with E-state index in [-0.39, 0.29) is 5.56 Å². The molecule has 1 N–H and O–H groups in total. The average Bonchev–Trinajstić information content (AvgIpc) is 2.33. The van der Waals surface area contributed by atoms with E-state index in [0.29, 0.717) is 5.82 Å². The van der Waals surface area contributed by atoms with Gasteiger partial charge in [0, 0.05) is 25.5 Å². The maximum Gasteiger partial charge on any atom is 0.293 e. The molecule has 0 aliphatic rings. The molecule has 0 aliphatic heterocycles. The lowest BCUT2D eigenvalue weighted by molar-refractivity contribution is 0.647. The Labute approximate surface area is 103 Å². The summed E-state index contributed by atoms with van der Waals surface area (Å²) in [4.78, 5) is 16.0. The zero-order valence-electron chi connectivity index (χ0n) is 10.9. The Morgan fingerprint density at radius 2 is 2.06 bits per heavy atom. The zero-order chi connectivity index (χ0) is 12.5. The van der Waals surface area contributed by atoms with Crippen molar-refractivity contribution >= 4 is 5.82 Å². The first-order chi connectivity index (χ1) is 8.29. The molecule has 1 aromatic rings. The zero-order valence-corrected chi connectivity index (χ0v) is 10.9. The molecule has 1 rings (SSSR count). The van der Waals surface area contributed by atoms with Crippen LogP contribution in [0, 0.1) is 0 Å². The molecule has 0 saturated heterocycles. The van der Waals surface area contributed by atoms with Gasteiger partial charge in [0.25, 0.3) is 5.56 Å². The van der Waals surface area contributed by atoms with E-state index in [9.17, 15) is 4.79 Å². The van der Waals surface area contributed by atoms with Crippen molar-refractivity contribution in [3.63, 3.8) is 0 Å². The number of aryl methyl sites for hydroxylation is 1. The molecule has 0 atom stereocenters. The fraction of sp³-hybridized carbons (Fsp3) is 0.692. The summed E-state index contributed by atoms with van der Waals surface area (Å²) in [5, 5.41) is 3.13. The number of aromatic nitrogens is 2. The van der Waals surface area contributed by atoms with Gasteiger partial charge in [-0.3, -0.25) is 4.79 Å². The lowest BCUT2D eigenvalue weighted by atomic mass is 10.2. The van der Waals surface area contributed by atoms with Gasteiger partial charge in [0.1, 0.15) is 0 Å².